The molecule has 3 N–H and O–H groups in total. The summed E-state index contributed by atoms with van der Waals surface area (Å²) in [6, 6.07) is 7.65. The van der Waals surface area contributed by atoms with Gasteiger partial charge < -0.3 is 11.1 Å². The lowest BCUT2D eigenvalue weighted by molar-refractivity contribution is -0.113. The molecular formula is C11H12N4OS2. The number of nitrogen functional groups attached to an aromatic ring is 1. The van der Waals surface area contributed by atoms with Gasteiger partial charge in [-0.1, -0.05) is 41.3 Å². The molecule has 2 rings (SSSR count). The maximum absolute atomic E-state index is 11.7. The number of carbonyl (C=O) groups excluding carboxylic acids is 1. The lowest BCUT2D eigenvalue weighted by Crippen LogP contribution is -2.14. The molecule has 0 saturated heterocycles. The number of para-hydroxylation sites is 1. The van der Waals surface area contributed by atoms with Crippen LogP contribution in [0.5, 0.6) is 0 Å². The van der Waals surface area contributed by atoms with Gasteiger partial charge in [-0.15, -0.1) is 10.2 Å². The first-order valence-corrected chi connectivity index (χ1v) is 7.02. The normalized spacial score (nSPS) is 10.3. The molecule has 1 aromatic heterocycles. The molecule has 2 aromatic rings. The first-order valence-electron chi connectivity index (χ1n) is 5.22. The summed E-state index contributed by atoms with van der Waals surface area (Å²) in [4.78, 5) is 11.7. The molecule has 1 amide bonds. The first-order chi connectivity index (χ1) is 8.65. The third-order valence-electron chi connectivity index (χ3n) is 2.17. The van der Waals surface area contributed by atoms with E-state index in [0.717, 1.165) is 11.3 Å². The van der Waals surface area contributed by atoms with Crippen molar-refractivity contribution in [1.82, 2.24) is 10.2 Å². The Morgan fingerprint density at radius 3 is 2.89 bits per heavy atom. The third-order valence-corrected chi connectivity index (χ3v) is 4.05. The van der Waals surface area contributed by atoms with Crippen molar-refractivity contribution in [3.05, 3.63) is 29.8 Å². The maximum atomic E-state index is 11.7. The Morgan fingerprint density at radius 1 is 1.44 bits per heavy atom. The van der Waals surface area contributed by atoms with E-state index >= 15 is 0 Å². The van der Waals surface area contributed by atoms with E-state index in [4.69, 9.17) is 5.73 Å². The van der Waals surface area contributed by atoms with E-state index in [2.05, 4.69) is 15.5 Å². The minimum absolute atomic E-state index is 0.0666. The summed E-state index contributed by atoms with van der Waals surface area (Å²) in [5, 5.41) is 10.8. The van der Waals surface area contributed by atoms with E-state index in [1.165, 1.54) is 23.1 Å². The molecule has 0 spiro atoms. The van der Waals surface area contributed by atoms with Crippen molar-refractivity contribution in [3.63, 3.8) is 0 Å². The van der Waals surface area contributed by atoms with Crippen LogP contribution >= 0.6 is 23.1 Å². The molecule has 0 atom stereocenters. The number of nitrogens with zero attached hydrogens (tertiary/aromatic N) is 2. The molecule has 94 valence electrons. The van der Waals surface area contributed by atoms with Crippen LogP contribution in [0.15, 0.2) is 28.6 Å². The molecule has 0 unspecified atom stereocenters. The quantitative estimate of drug-likeness (QED) is 0.839. The number of rotatable bonds is 4. The summed E-state index contributed by atoms with van der Waals surface area (Å²) < 4.78 is 0.701. The zero-order chi connectivity index (χ0) is 13.0. The second-order valence-electron chi connectivity index (χ2n) is 3.56. The average Bonchev–Trinajstić information content (AvgIpc) is 2.76. The largest absolute Gasteiger partial charge is 0.374 e. The third kappa shape index (κ3) is 3.44. The molecule has 1 heterocycles. The smallest absolute Gasteiger partial charge is 0.234 e. The zero-order valence-corrected chi connectivity index (χ0v) is 11.3. The van der Waals surface area contributed by atoms with Crippen molar-refractivity contribution in [1.29, 1.82) is 0 Å². The Balaban J connectivity index is 1.88. The van der Waals surface area contributed by atoms with E-state index in [9.17, 15) is 4.79 Å². The Hall–Kier alpha value is -1.60. The van der Waals surface area contributed by atoms with Crippen LogP contribution < -0.4 is 11.1 Å². The first kappa shape index (κ1) is 12.8. The number of carbonyl (C=O) groups is 1. The minimum atomic E-state index is -0.0666. The number of benzene rings is 1. The lowest BCUT2D eigenvalue weighted by Gasteiger charge is -2.06. The molecule has 0 aliphatic rings. The van der Waals surface area contributed by atoms with E-state index in [1.54, 1.807) is 0 Å². The monoisotopic (exact) mass is 280 g/mol. The number of hydrogen-bond donors (Lipinski definition) is 2. The van der Waals surface area contributed by atoms with Crippen LogP contribution in [0.3, 0.4) is 0 Å². The van der Waals surface area contributed by atoms with Gasteiger partial charge in [0.1, 0.15) is 0 Å². The molecule has 18 heavy (non-hydrogen) atoms. The van der Waals surface area contributed by atoms with Crippen molar-refractivity contribution >= 4 is 39.8 Å². The molecule has 5 nitrogen and oxygen atoms in total. The number of thioether (sulfide) groups is 1. The fourth-order valence-electron chi connectivity index (χ4n) is 1.31. The number of aryl methyl sites for hydroxylation is 1. The Bertz CT molecular complexity index is 555. The van der Waals surface area contributed by atoms with Crippen molar-refractivity contribution in [2.45, 2.75) is 11.3 Å². The van der Waals surface area contributed by atoms with Crippen LogP contribution in [-0.2, 0) is 4.79 Å². The predicted octanol–water partition coefficient (Wildman–Crippen LogP) is 2.16. The van der Waals surface area contributed by atoms with Crippen molar-refractivity contribution in [3.8, 4) is 0 Å². The molecule has 0 aliphatic heterocycles. The highest BCUT2D eigenvalue weighted by molar-refractivity contribution is 8.01. The van der Waals surface area contributed by atoms with Gasteiger partial charge in [0, 0.05) is 5.69 Å². The summed E-state index contributed by atoms with van der Waals surface area (Å²) in [7, 11) is 0. The highest BCUT2D eigenvalue weighted by atomic mass is 32.2. The van der Waals surface area contributed by atoms with Gasteiger partial charge in [-0.2, -0.15) is 0 Å². The Kier molecular flexibility index (Phi) is 4.16. The second-order valence-corrected chi connectivity index (χ2v) is 5.79. The van der Waals surface area contributed by atoms with E-state index < -0.39 is 0 Å². The standard InChI is InChI=1S/C11H12N4OS2/c1-7-4-2-3-5-8(7)13-9(16)6-17-11-15-14-10(12)18-11/h2-5H,6H2,1H3,(H2,12,14)(H,13,16). The van der Waals surface area contributed by atoms with Crippen LogP contribution in [0.2, 0.25) is 0 Å². The van der Waals surface area contributed by atoms with Gasteiger partial charge in [-0.05, 0) is 18.6 Å². The highest BCUT2D eigenvalue weighted by Crippen LogP contribution is 2.23. The van der Waals surface area contributed by atoms with Gasteiger partial charge in [-0.3, -0.25) is 4.79 Å². The van der Waals surface area contributed by atoms with Gasteiger partial charge in [0.05, 0.1) is 5.75 Å². The maximum Gasteiger partial charge on any atom is 0.234 e. The second kappa shape index (κ2) is 5.83. The summed E-state index contributed by atoms with van der Waals surface area (Å²) in [6.07, 6.45) is 0. The summed E-state index contributed by atoms with van der Waals surface area (Å²) in [5.41, 5.74) is 7.33. The van der Waals surface area contributed by atoms with Crippen molar-refractivity contribution in [2.75, 3.05) is 16.8 Å². The molecule has 1 aromatic carbocycles. The van der Waals surface area contributed by atoms with Crippen molar-refractivity contribution in [2.24, 2.45) is 0 Å². The molecule has 0 radical (unpaired) electrons. The fourth-order valence-corrected chi connectivity index (χ4v) is 2.74. The molecular weight excluding hydrogens is 268 g/mol. The lowest BCUT2D eigenvalue weighted by atomic mass is 10.2. The van der Waals surface area contributed by atoms with Gasteiger partial charge in [-0.25, -0.2) is 0 Å². The fraction of sp³-hybridized carbons (Fsp3) is 0.182. The Labute approximate surface area is 113 Å². The zero-order valence-electron chi connectivity index (χ0n) is 9.71. The van der Waals surface area contributed by atoms with Crippen LogP contribution in [0.25, 0.3) is 0 Å². The van der Waals surface area contributed by atoms with Crippen LogP contribution in [0, 0.1) is 6.92 Å². The number of nitrogens with two attached hydrogens (primary N) is 1. The number of nitrogens with one attached hydrogen (secondary N) is 1. The number of hydrogen-bond acceptors (Lipinski definition) is 6. The Morgan fingerprint density at radius 2 is 2.22 bits per heavy atom. The van der Waals surface area contributed by atoms with Crippen molar-refractivity contribution < 1.29 is 4.79 Å². The SMILES string of the molecule is Cc1ccccc1NC(=O)CSc1nnc(N)s1. The topological polar surface area (TPSA) is 80.9 Å². The molecule has 0 fully saturated rings. The van der Waals surface area contributed by atoms with Gasteiger partial charge in [0.25, 0.3) is 0 Å². The number of aromatic nitrogens is 2. The summed E-state index contributed by atoms with van der Waals surface area (Å²) in [5.74, 6) is 0.228. The molecule has 0 bridgehead atoms. The van der Waals surface area contributed by atoms with Crippen LogP contribution in [0.4, 0.5) is 10.8 Å². The van der Waals surface area contributed by atoms with E-state index in [1.807, 2.05) is 31.2 Å². The predicted molar refractivity (Wildman–Crippen MR) is 74.9 cm³/mol. The molecule has 0 saturated carbocycles. The van der Waals surface area contributed by atoms with E-state index in [-0.39, 0.29) is 5.91 Å². The van der Waals surface area contributed by atoms with E-state index in [0.29, 0.717) is 15.2 Å². The average molecular weight is 280 g/mol. The van der Waals surface area contributed by atoms with Gasteiger partial charge >= 0.3 is 0 Å². The minimum Gasteiger partial charge on any atom is -0.374 e. The van der Waals surface area contributed by atoms with Crippen LogP contribution in [0.1, 0.15) is 5.56 Å². The van der Waals surface area contributed by atoms with Gasteiger partial charge in [0.2, 0.25) is 11.0 Å². The molecule has 0 aliphatic carbocycles. The number of anilines is 2. The summed E-state index contributed by atoms with van der Waals surface area (Å²) in [6.45, 7) is 1.95. The number of amides is 1. The van der Waals surface area contributed by atoms with Gasteiger partial charge in [0.15, 0.2) is 4.34 Å². The summed E-state index contributed by atoms with van der Waals surface area (Å²) >= 11 is 2.61. The highest BCUT2D eigenvalue weighted by Gasteiger charge is 2.07. The molecule has 7 heteroatoms. The van der Waals surface area contributed by atoms with Crippen LogP contribution in [-0.4, -0.2) is 21.9 Å².